The lowest BCUT2D eigenvalue weighted by Crippen LogP contribution is -2.08. The molecule has 0 fully saturated rings. The van der Waals surface area contributed by atoms with Gasteiger partial charge in [0.2, 0.25) is 0 Å². The molecule has 1 aromatic heterocycles. The predicted molar refractivity (Wildman–Crippen MR) is 76.1 cm³/mol. The van der Waals surface area contributed by atoms with Crippen LogP contribution in [0.4, 0.5) is 11.4 Å². The van der Waals surface area contributed by atoms with Crippen LogP contribution in [0, 0.1) is 0 Å². The molecular weight excluding hydrogens is 246 g/mol. The molecule has 0 atom stereocenters. The Kier molecular flexibility index (Phi) is 4.04. The molecule has 2 aromatic rings. The molecule has 1 heterocycles. The molecule has 0 aliphatic carbocycles. The summed E-state index contributed by atoms with van der Waals surface area (Å²) >= 11 is 1.63. The number of anilines is 2. The van der Waals surface area contributed by atoms with Crippen LogP contribution in [0.5, 0.6) is 5.75 Å². The van der Waals surface area contributed by atoms with Crippen molar-refractivity contribution in [3.05, 3.63) is 34.8 Å². The molecule has 0 amide bonds. The summed E-state index contributed by atoms with van der Waals surface area (Å²) in [7, 11) is 0. The second-order valence-electron chi connectivity index (χ2n) is 4.20. The van der Waals surface area contributed by atoms with Crippen LogP contribution in [0.2, 0.25) is 0 Å². The summed E-state index contributed by atoms with van der Waals surface area (Å²) in [6.45, 7) is 4.67. The number of hydrogen-bond donors (Lipinski definition) is 2. The van der Waals surface area contributed by atoms with E-state index in [1.165, 1.54) is 0 Å². The van der Waals surface area contributed by atoms with Crippen LogP contribution in [-0.2, 0) is 6.54 Å². The van der Waals surface area contributed by atoms with Gasteiger partial charge in [-0.25, -0.2) is 4.98 Å². The molecule has 0 bridgehead atoms. The average Bonchev–Trinajstić information content (AvgIpc) is 2.82. The number of thiazole rings is 1. The van der Waals surface area contributed by atoms with E-state index < -0.39 is 0 Å². The van der Waals surface area contributed by atoms with E-state index in [2.05, 4.69) is 10.3 Å². The van der Waals surface area contributed by atoms with Crippen molar-refractivity contribution in [2.75, 3.05) is 11.1 Å². The van der Waals surface area contributed by atoms with Crippen LogP contribution < -0.4 is 15.8 Å². The molecule has 0 saturated carbocycles. The quantitative estimate of drug-likeness (QED) is 0.814. The molecule has 3 N–H and O–H groups in total. The summed E-state index contributed by atoms with van der Waals surface area (Å²) in [5, 5.41) is 6.32. The zero-order chi connectivity index (χ0) is 13.0. The fourth-order valence-electron chi connectivity index (χ4n) is 1.52. The van der Waals surface area contributed by atoms with Crippen LogP contribution in [0.1, 0.15) is 18.9 Å². The summed E-state index contributed by atoms with van der Waals surface area (Å²) in [6, 6.07) is 5.71. The fourth-order valence-corrected chi connectivity index (χ4v) is 2.07. The molecular formula is C13H17N3OS. The average molecular weight is 263 g/mol. The molecule has 0 unspecified atom stereocenters. The maximum Gasteiger partial charge on any atom is 0.144 e. The first-order valence-electron chi connectivity index (χ1n) is 5.83. The van der Waals surface area contributed by atoms with E-state index in [1.54, 1.807) is 17.5 Å². The Bertz CT molecular complexity index is 497. The SMILES string of the molecule is CC(C)Oc1cc(NCc2nccs2)ccc1N. The Hall–Kier alpha value is -1.75. The molecule has 5 heteroatoms. The Balaban J connectivity index is 2.04. The number of hydrogen-bond acceptors (Lipinski definition) is 5. The number of aromatic nitrogens is 1. The molecule has 4 nitrogen and oxygen atoms in total. The van der Waals surface area contributed by atoms with Gasteiger partial charge < -0.3 is 15.8 Å². The highest BCUT2D eigenvalue weighted by Crippen LogP contribution is 2.26. The van der Waals surface area contributed by atoms with Gasteiger partial charge in [0, 0.05) is 23.3 Å². The van der Waals surface area contributed by atoms with Gasteiger partial charge in [-0.1, -0.05) is 0 Å². The predicted octanol–water partition coefficient (Wildman–Crippen LogP) is 3.12. The van der Waals surface area contributed by atoms with Crippen molar-refractivity contribution in [2.24, 2.45) is 0 Å². The number of nitrogens with one attached hydrogen (secondary N) is 1. The monoisotopic (exact) mass is 263 g/mol. The van der Waals surface area contributed by atoms with Crippen molar-refractivity contribution in [3.63, 3.8) is 0 Å². The summed E-state index contributed by atoms with van der Waals surface area (Å²) in [6.07, 6.45) is 1.92. The lowest BCUT2D eigenvalue weighted by molar-refractivity contribution is 0.244. The highest BCUT2D eigenvalue weighted by molar-refractivity contribution is 7.09. The molecule has 2 rings (SSSR count). The number of nitrogen functional groups attached to an aromatic ring is 1. The van der Waals surface area contributed by atoms with E-state index in [9.17, 15) is 0 Å². The van der Waals surface area contributed by atoms with Gasteiger partial charge in [0.15, 0.2) is 0 Å². The normalized spacial score (nSPS) is 10.6. The number of ether oxygens (including phenoxy) is 1. The standard InChI is InChI=1S/C13H17N3OS/c1-9(2)17-12-7-10(3-4-11(12)14)16-8-13-15-5-6-18-13/h3-7,9,16H,8,14H2,1-2H3. The van der Waals surface area contributed by atoms with Gasteiger partial charge in [0.1, 0.15) is 10.8 Å². The van der Waals surface area contributed by atoms with Gasteiger partial charge in [0.25, 0.3) is 0 Å². The molecule has 0 aliphatic heterocycles. The van der Waals surface area contributed by atoms with Crippen LogP contribution in [0.3, 0.4) is 0 Å². The minimum Gasteiger partial charge on any atom is -0.489 e. The van der Waals surface area contributed by atoms with Crippen molar-refractivity contribution >= 4 is 22.7 Å². The second-order valence-corrected chi connectivity index (χ2v) is 5.18. The van der Waals surface area contributed by atoms with Gasteiger partial charge in [-0.2, -0.15) is 0 Å². The van der Waals surface area contributed by atoms with E-state index in [0.29, 0.717) is 18.0 Å². The highest BCUT2D eigenvalue weighted by Gasteiger charge is 2.05. The van der Waals surface area contributed by atoms with Gasteiger partial charge in [-0.05, 0) is 26.0 Å². The largest absolute Gasteiger partial charge is 0.489 e. The Morgan fingerprint density at radius 3 is 2.94 bits per heavy atom. The lowest BCUT2D eigenvalue weighted by Gasteiger charge is -2.14. The van der Waals surface area contributed by atoms with Crippen molar-refractivity contribution in [3.8, 4) is 5.75 Å². The van der Waals surface area contributed by atoms with Gasteiger partial charge in [-0.15, -0.1) is 11.3 Å². The van der Waals surface area contributed by atoms with E-state index in [4.69, 9.17) is 10.5 Å². The van der Waals surface area contributed by atoms with Gasteiger partial charge in [0.05, 0.1) is 18.3 Å². The van der Waals surface area contributed by atoms with Crippen LogP contribution in [0.15, 0.2) is 29.8 Å². The maximum atomic E-state index is 5.87. The fraction of sp³-hybridized carbons (Fsp3) is 0.308. The summed E-state index contributed by atoms with van der Waals surface area (Å²) in [4.78, 5) is 4.22. The van der Waals surface area contributed by atoms with Crippen molar-refractivity contribution in [2.45, 2.75) is 26.5 Å². The summed E-state index contributed by atoms with van der Waals surface area (Å²) < 4.78 is 5.64. The summed E-state index contributed by atoms with van der Waals surface area (Å²) in [5.41, 5.74) is 7.50. The van der Waals surface area contributed by atoms with Gasteiger partial charge in [-0.3, -0.25) is 0 Å². The lowest BCUT2D eigenvalue weighted by atomic mass is 10.2. The zero-order valence-corrected chi connectivity index (χ0v) is 11.3. The molecule has 18 heavy (non-hydrogen) atoms. The molecule has 0 saturated heterocycles. The van der Waals surface area contributed by atoms with E-state index in [-0.39, 0.29) is 6.10 Å². The molecule has 96 valence electrons. The number of benzene rings is 1. The van der Waals surface area contributed by atoms with Crippen LogP contribution in [0.25, 0.3) is 0 Å². The first-order chi connectivity index (χ1) is 8.65. The summed E-state index contributed by atoms with van der Waals surface area (Å²) in [5.74, 6) is 0.717. The van der Waals surface area contributed by atoms with Crippen LogP contribution >= 0.6 is 11.3 Å². The number of rotatable bonds is 5. The highest BCUT2D eigenvalue weighted by atomic mass is 32.1. The van der Waals surface area contributed by atoms with E-state index in [1.807, 2.05) is 37.4 Å². The number of nitrogens with two attached hydrogens (primary N) is 1. The van der Waals surface area contributed by atoms with E-state index in [0.717, 1.165) is 10.7 Å². The van der Waals surface area contributed by atoms with Crippen molar-refractivity contribution in [1.29, 1.82) is 0 Å². The Morgan fingerprint density at radius 1 is 1.44 bits per heavy atom. The van der Waals surface area contributed by atoms with E-state index >= 15 is 0 Å². The maximum absolute atomic E-state index is 5.87. The third-order valence-corrected chi connectivity index (χ3v) is 3.08. The molecule has 1 aromatic carbocycles. The smallest absolute Gasteiger partial charge is 0.144 e. The topological polar surface area (TPSA) is 60.2 Å². The zero-order valence-electron chi connectivity index (χ0n) is 10.5. The first-order valence-corrected chi connectivity index (χ1v) is 6.71. The minimum absolute atomic E-state index is 0.113. The Morgan fingerprint density at radius 2 is 2.28 bits per heavy atom. The minimum atomic E-state index is 0.113. The molecule has 0 radical (unpaired) electrons. The first kappa shape index (κ1) is 12.7. The van der Waals surface area contributed by atoms with Crippen molar-refractivity contribution < 1.29 is 4.74 Å². The molecule has 0 spiro atoms. The van der Waals surface area contributed by atoms with Gasteiger partial charge >= 0.3 is 0 Å². The second kappa shape index (κ2) is 5.73. The van der Waals surface area contributed by atoms with Crippen molar-refractivity contribution in [1.82, 2.24) is 4.98 Å². The number of nitrogens with zero attached hydrogens (tertiary/aromatic N) is 1. The third kappa shape index (κ3) is 3.37. The third-order valence-electron chi connectivity index (χ3n) is 2.30. The van der Waals surface area contributed by atoms with Crippen LogP contribution in [-0.4, -0.2) is 11.1 Å². The Labute approximate surface area is 111 Å². The molecule has 0 aliphatic rings.